The Hall–Kier alpha value is 0.650. The third-order valence-corrected chi connectivity index (χ3v) is 2.75. The van der Waals surface area contributed by atoms with E-state index >= 15 is 0 Å². The summed E-state index contributed by atoms with van der Waals surface area (Å²) < 4.78 is 27.0. The second-order valence-corrected chi connectivity index (χ2v) is 5.04. The molecule has 0 spiro atoms. The number of hydrogen-bond acceptors (Lipinski definition) is 3. The molecule has 0 atom stereocenters. The van der Waals surface area contributed by atoms with Crippen molar-refractivity contribution in [2.24, 2.45) is 0 Å². The Balaban J connectivity index is -0.000000605. The number of hydrogen-bond donors (Lipinski definition) is 0. The molecule has 0 radical (unpaired) electrons. The van der Waals surface area contributed by atoms with E-state index in [0.29, 0.717) is 6.42 Å². The van der Waals surface area contributed by atoms with Crippen molar-refractivity contribution in [3.8, 4) is 0 Å². The molecule has 3 nitrogen and oxygen atoms in total. The van der Waals surface area contributed by atoms with Gasteiger partial charge in [-0.15, -0.1) is 6.58 Å². The molecule has 0 saturated heterocycles. The van der Waals surface area contributed by atoms with Crippen LogP contribution in [0.25, 0.3) is 0 Å². The smallest absolute Gasteiger partial charge is 1.00 e. The summed E-state index contributed by atoms with van der Waals surface area (Å²) in [4.78, 5) is 0. The minimum atomic E-state index is -3.35. The second-order valence-electron chi connectivity index (χ2n) is 3.18. The largest absolute Gasteiger partial charge is 1.00 e. The second kappa shape index (κ2) is 6.19. The minimum Gasteiger partial charge on any atom is -1.00 e. The monoisotopic (exact) mass is 216 g/mol. The van der Waals surface area contributed by atoms with Crippen LogP contribution in [0.1, 0.15) is 28.6 Å². The van der Waals surface area contributed by atoms with Crippen LogP contribution in [0.3, 0.4) is 0 Å². The van der Waals surface area contributed by atoms with E-state index in [9.17, 15) is 8.42 Å². The molecule has 0 unspecified atom stereocenters. The summed E-state index contributed by atoms with van der Waals surface area (Å²) in [5, 5.41) is 0. The van der Waals surface area contributed by atoms with E-state index in [0.717, 1.165) is 0 Å². The Bertz CT molecular complexity index is 249. The molecule has 13 heavy (non-hydrogen) atoms. The molecule has 0 N–H and O–H groups in total. The molecule has 0 fully saturated rings. The molecule has 0 aliphatic heterocycles. The van der Waals surface area contributed by atoms with Crippen LogP contribution in [0.4, 0.5) is 0 Å². The van der Waals surface area contributed by atoms with Gasteiger partial charge in [0, 0.05) is 0 Å². The van der Waals surface area contributed by atoms with E-state index in [-0.39, 0.29) is 36.7 Å². The summed E-state index contributed by atoms with van der Waals surface area (Å²) in [6.07, 6.45) is 2.16. The van der Waals surface area contributed by atoms with Crippen molar-refractivity contribution in [3.63, 3.8) is 0 Å². The molecule has 0 aromatic carbocycles. The maximum atomic E-state index is 11.0. The molecule has 0 saturated carbocycles. The van der Waals surface area contributed by atoms with E-state index in [4.69, 9.17) is 4.18 Å². The quantitative estimate of drug-likeness (QED) is 0.330. The van der Waals surface area contributed by atoms with Gasteiger partial charge in [0.15, 0.2) is 0 Å². The molecule has 0 heterocycles. The van der Waals surface area contributed by atoms with Crippen LogP contribution in [-0.4, -0.2) is 19.8 Å². The van der Waals surface area contributed by atoms with E-state index < -0.39 is 15.7 Å². The van der Waals surface area contributed by atoms with Gasteiger partial charge in [0.05, 0.1) is 11.4 Å². The molecule has 0 bridgehead atoms. The molecule has 0 aliphatic carbocycles. The van der Waals surface area contributed by atoms with Crippen LogP contribution in [-0.2, 0) is 14.3 Å². The molecule has 0 aromatic rings. The van der Waals surface area contributed by atoms with Gasteiger partial charge in [-0.25, -0.2) is 0 Å². The number of rotatable bonds is 5. The van der Waals surface area contributed by atoms with Crippen molar-refractivity contribution in [1.29, 1.82) is 0 Å². The van der Waals surface area contributed by atoms with Crippen molar-refractivity contribution >= 4 is 10.1 Å². The maximum Gasteiger partial charge on any atom is 1.00 e. The molecule has 0 amide bonds. The Morgan fingerprint density at radius 3 is 2.31 bits per heavy atom. The summed E-state index contributed by atoms with van der Waals surface area (Å²) in [6, 6.07) is 0. The molecule has 0 aliphatic rings. The first-order valence-corrected chi connectivity index (χ1v) is 5.45. The summed E-state index contributed by atoms with van der Waals surface area (Å²) >= 11 is 0. The third-order valence-electron chi connectivity index (χ3n) is 1.34. The van der Waals surface area contributed by atoms with Gasteiger partial charge in [-0.3, -0.25) is 4.18 Å². The average Bonchev–Trinajstić information content (AvgIpc) is 1.85. The Morgan fingerprint density at radius 1 is 1.54 bits per heavy atom. The van der Waals surface area contributed by atoms with Crippen LogP contribution in [0.5, 0.6) is 0 Å². The summed E-state index contributed by atoms with van der Waals surface area (Å²) in [6.45, 7) is 8.53. The molecule has 5 heteroatoms. The first-order valence-electron chi connectivity index (χ1n) is 3.87. The van der Waals surface area contributed by atoms with Gasteiger partial charge < -0.3 is 1.43 Å². The van der Waals surface area contributed by atoms with Crippen LogP contribution in [0.2, 0.25) is 0 Å². The molecular weight excluding hydrogens is 199 g/mol. The predicted molar refractivity (Wildman–Crippen MR) is 50.6 cm³/mol. The van der Waals surface area contributed by atoms with Crippen LogP contribution < -0.4 is 29.6 Å². The van der Waals surface area contributed by atoms with E-state index in [1.807, 2.05) is 0 Å². The summed E-state index contributed by atoms with van der Waals surface area (Å²) in [5.41, 5.74) is -0.670. The molecular formula is C8H17NaO3S. The molecule has 0 rings (SSSR count). The SMILES string of the molecule is C=CCC(C)(C)OS(=O)(=O)CC.[H-].[Na+]. The maximum absolute atomic E-state index is 11.0. The Labute approximate surface area is 104 Å². The van der Waals surface area contributed by atoms with Crippen molar-refractivity contribution < 1.29 is 43.6 Å². The van der Waals surface area contributed by atoms with Gasteiger partial charge in [-0.1, -0.05) is 6.08 Å². The zero-order chi connectivity index (χ0) is 9.83. The first kappa shape index (κ1) is 16.1. The van der Waals surface area contributed by atoms with Crippen LogP contribution in [0.15, 0.2) is 12.7 Å². The fourth-order valence-electron chi connectivity index (χ4n) is 0.784. The zero-order valence-electron chi connectivity index (χ0n) is 9.83. The van der Waals surface area contributed by atoms with E-state index in [1.54, 1.807) is 26.8 Å². The topological polar surface area (TPSA) is 43.4 Å². The minimum absolute atomic E-state index is 0. The molecule has 74 valence electrons. The third kappa shape index (κ3) is 7.70. The standard InChI is InChI=1S/C8H16O3S.Na.H/c1-5-7-8(3,4)11-12(9,10)6-2;;/h5H,1,6-7H2,2-4H3;;/q;+1;-1. The van der Waals surface area contributed by atoms with Gasteiger partial charge >= 0.3 is 29.6 Å². The van der Waals surface area contributed by atoms with Gasteiger partial charge in [0.25, 0.3) is 10.1 Å². The Morgan fingerprint density at radius 2 is 2.00 bits per heavy atom. The van der Waals surface area contributed by atoms with Crippen molar-refractivity contribution in [3.05, 3.63) is 12.7 Å². The van der Waals surface area contributed by atoms with Gasteiger partial charge in [-0.05, 0) is 27.2 Å². The zero-order valence-corrected chi connectivity index (χ0v) is 11.6. The van der Waals surface area contributed by atoms with Gasteiger partial charge in [0.1, 0.15) is 0 Å². The van der Waals surface area contributed by atoms with Crippen LogP contribution >= 0.6 is 0 Å². The average molecular weight is 216 g/mol. The Kier molecular flexibility index (Phi) is 7.67. The first-order chi connectivity index (χ1) is 5.33. The van der Waals surface area contributed by atoms with E-state index in [2.05, 4.69) is 6.58 Å². The summed E-state index contributed by atoms with van der Waals surface area (Å²) in [5.74, 6) is 0.00751. The predicted octanol–water partition coefficient (Wildman–Crippen LogP) is -1.18. The fraction of sp³-hybridized carbons (Fsp3) is 0.750. The fourth-order valence-corrected chi connectivity index (χ4v) is 1.66. The van der Waals surface area contributed by atoms with Crippen molar-refractivity contribution in [2.45, 2.75) is 32.8 Å². The van der Waals surface area contributed by atoms with E-state index in [1.165, 1.54) is 0 Å². The van der Waals surface area contributed by atoms with Gasteiger partial charge in [0.2, 0.25) is 0 Å². The van der Waals surface area contributed by atoms with Crippen molar-refractivity contribution in [1.82, 2.24) is 0 Å². The van der Waals surface area contributed by atoms with Crippen molar-refractivity contribution in [2.75, 3.05) is 5.75 Å². The molecule has 0 aromatic heterocycles. The summed E-state index contributed by atoms with van der Waals surface area (Å²) in [7, 11) is -3.35. The van der Waals surface area contributed by atoms with Gasteiger partial charge in [-0.2, -0.15) is 8.42 Å². The normalized spacial score (nSPS) is 11.9. The van der Waals surface area contributed by atoms with Crippen LogP contribution in [0, 0.1) is 0 Å².